The lowest BCUT2D eigenvalue weighted by molar-refractivity contribution is 0.256. The highest BCUT2D eigenvalue weighted by Crippen LogP contribution is 1.99. The second-order valence-corrected chi connectivity index (χ2v) is 4.31. The van der Waals surface area contributed by atoms with Crippen LogP contribution in [-0.2, 0) is 0 Å². The van der Waals surface area contributed by atoms with Crippen molar-refractivity contribution in [1.82, 2.24) is 10.2 Å². The summed E-state index contributed by atoms with van der Waals surface area (Å²) >= 11 is 0. The Balaban J connectivity index is 3.31. The first-order chi connectivity index (χ1) is 6.07. The van der Waals surface area contributed by atoms with Crippen molar-refractivity contribution < 1.29 is 0 Å². The lowest BCUT2D eigenvalue weighted by Crippen LogP contribution is -2.32. The molecule has 1 atom stereocenters. The molecule has 0 fully saturated rings. The van der Waals surface area contributed by atoms with Gasteiger partial charge in [-0.3, -0.25) is 0 Å². The van der Waals surface area contributed by atoms with Crippen molar-refractivity contribution >= 4 is 0 Å². The van der Waals surface area contributed by atoms with Crippen molar-refractivity contribution in [1.29, 1.82) is 0 Å². The third kappa shape index (κ3) is 7.03. The highest BCUT2D eigenvalue weighted by Gasteiger charge is 2.05. The van der Waals surface area contributed by atoms with E-state index in [2.05, 4.69) is 45.0 Å². The van der Waals surface area contributed by atoms with E-state index in [1.54, 1.807) is 0 Å². The predicted molar refractivity (Wildman–Crippen MR) is 60.1 cm³/mol. The Hall–Kier alpha value is -0.0800. The number of hydrogen-bond donors (Lipinski definition) is 1. The normalized spacial score (nSPS) is 14.1. The van der Waals surface area contributed by atoms with Crippen LogP contribution in [0, 0.1) is 5.92 Å². The summed E-state index contributed by atoms with van der Waals surface area (Å²) < 4.78 is 0. The fourth-order valence-electron chi connectivity index (χ4n) is 1.23. The van der Waals surface area contributed by atoms with Gasteiger partial charge in [0.05, 0.1) is 0 Å². The Morgan fingerprint density at radius 1 is 1.23 bits per heavy atom. The van der Waals surface area contributed by atoms with Crippen LogP contribution in [0.2, 0.25) is 0 Å². The summed E-state index contributed by atoms with van der Waals surface area (Å²) in [5, 5.41) is 3.47. The van der Waals surface area contributed by atoms with Crippen LogP contribution in [0.1, 0.15) is 34.1 Å². The third-order valence-electron chi connectivity index (χ3n) is 2.54. The number of rotatable bonds is 7. The van der Waals surface area contributed by atoms with E-state index in [9.17, 15) is 0 Å². The van der Waals surface area contributed by atoms with Crippen LogP contribution in [0.5, 0.6) is 0 Å². The molecule has 0 bridgehead atoms. The highest BCUT2D eigenvalue weighted by atomic mass is 15.1. The molecule has 1 unspecified atom stereocenters. The molecule has 0 radical (unpaired) electrons. The molecule has 0 aromatic rings. The molecule has 2 nitrogen and oxygen atoms in total. The summed E-state index contributed by atoms with van der Waals surface area (Å²) in [7, 11) is 2.19. The Morgan fingerprint density at radius 3 is 2.31 bits per heavy atom. The Labute approximate surface area is 83.7 Å². The smallest absolute Gasteiger partial charge is 0.00758 e. The van der Waals surface area contributed by atoms with E-state index in [4.69, 9.17) is 0 Å². The van der Waals surface area contributed by atoms with Crippen molar-refractivity contribution in [2.75, 3.05) is 26.7 Å². The molecule has 2 heteroatoms. The van der Waals surface area contributed by atoms with Gasteiger partial charge in [0, 0.05) is 6.04 Å². The molecule has 0 rings (SSSR count). The predicted octanol–water partition coefficient (Wildman–Crippen LogP) is 1.96. The molecule has 13 heavy (non-hydrogen) atoms. The van der Waals surface area contributed by atoms with Gasteiger partial charge in [-0.25, -0.2) is 0 Å². The number of nitrogens with zero attached hydrogens (tertiary/aromatic N) is 1. The van der Waals surface area contributed by atoms with Crippen LogP contribution >= 0.6 is 0 Å². The Kier molecular flexibility index (Phi) is 7.29. The van der Waals surface area contributed by atoms with Gasteiger partial charge in [-0.15, -0.1) is 0 Å². The Bertz CT molecular complexity index is 113. The van der Waals surface area contributed by atoms with E-state index >= 15 is 0 Å². The van der Waals surface area contributed by atoms with Gasteiger partial charge in [-0.2, -0.15) is 0 Å². The van der Waals surface area contributed by atoms with E-state index in [0.717, 1.165) is 25.6 Å². The summed E-state index contributed by atoms with van der Waals surface area (Å²) in [6.45, 7) is 12.4. The first kappa shape index (κ1) is 12.9. The number of hydrogen-bond acceptors (Lipinski definition) is 2. The second-order valence-electron chi connectivity index (χ2n) is 4.31. The summed E-state index contributed by atoms with van der Waals surface area (Å²) in [4.78, 5) is 2.39. The van der Waals surface area contributed by atoms with Crippen LogP contribution in [0.4, 0.5) is 0 Å². The largest absolute Gasteiger partial charge is 0.316 e. The monoisotopic (exact) mass is 186 g/mol. The quantitative estimate of drug-likeness (QED) is 0.612. The van der Waals surface area contributed by atoms with Gasteiger partial charge in [0.25, 0.3) is 0 Å². The van der Waals surface area contributed by atoms with Gasteiger partial charge in [0.2, 0.25) is 0 Å². The molecule has 0 aliphatic heterocycles. The van der Waals surface area contributed by atoms with Crippen molar-refractivity contribution in [3.63, 3.8) is 0 Å². The average Bonchev–Trinajstić information content (AvgIpc) is 2.10. The molecule has 1 N–H and O–H groups in total. The van der Waals surface area contributed by atoms with E-state index < -0.39 is 0 Å². The van der Waals surface area contributed by atoms with Crippen molar-refractivity contribution in [3.8, 4) is 0 Å². The van der Waals surface area contributed by atoms with Gasteiger partial charge in [0.1, 0.15) is 0 Å². The highest BCUT2D eigenvalue weighted by molar-refractivity contribution is 4.63. The first-order valence-electron chi connectivity index (χ1n) is 5.48. The summed E-state index contributed by atoms with van der Waals surface area (Å²) in [5.41, 5.74) is 0. The molecule has 0 amide bonds. The van der Waals surface area contributed by atoms with E-state index in [1.807, 2.05) is 0 Å². The van der Waals surface area contributed by atoms with Crippen molar-refractivity contribution in [2.45, 2.75) is 40.2 Å². The van der Waals surface area contributed by atoms with Crippen LogP contribution in [-0.4, -0.2) is 37.6 Å². The fourth-order valence-corrected chi connectivity index (χ4v) is 1.23. The zero-order valence-corrected chi connectivity index (χ0v) is 9.93. The third-order valence-corrected chi connectivity index (χ3v) is 2.54. The first-order valence-corrected chi connectivity index (χ1v) is 5.48. The fraction of sp³-hybridized carbons (Fsp3) is 1.00. The summed E-state index contributed by atoms with van der Waals surface area (Å²) in [6.07, 6.45) is 1.25. The molecular formula is C11H26N2. The minimum Gasteiger partial charge on any atom is -0.316 e. The Morgan fingerprint density at radius 2 is 1.85 bits per heavy atom. The van der Waals surface area contributed by atoms with Crippen molar-refractivity contribution in [3.05, 3.63) is 0 Å². The maximum atomic E-state index is 3.47. The molecule has 80 valence electrons. The van der Waals surface area contributed by atoms with Gasteiger partial charge < -0.3 is 10.2 Å². The van der Waals surface area contributed by atoms with Crippen LogP contribution in [0.25, 0.3) is 0 Å². The van der Waals surface area contributed by atoms with E-state index in [1.165, 1.54) is 6.42 Å². The molecule has 0 saturated heterocycles. The molecule has 0 aromatic heterocycles. The van der Waals surface area contributed by atoms with E-state index in [-0.39, 0.29) is 0 Å². The molecule has 0 aliphatic carbocycles. The summed E-state index contributed by atoms with van der Waals surface area (Å²) in [6, 6.07) is 0.699. The SMILES string of the molecule is CCN(C)C(C)CCNCC(C)C. The van der Waals surface area contributed by atoms with Crippen LogP contribution < -0.4 is 5.32 Å². The topological polar surface area (TPSA) is 15.3 Å². The molecule has 0 aliphatic rings. The number of nitrogens with one attached hydrogen (secondary N) is 1. The standard InChI is InChI=1S/C11H26N2/c1-6-13(5)11(4)7-8-12-9-10(2)3/h10-12H,6-9H2,1-5H3. The van der Waals surface area contributed by atoms with Crippen LogP contribution in [0.15, 0.2) is 0 Å². The molecule has 0 aromatic carbocycles. The van der Waals surface area contributed by atoms with E-state index in [0.29, 0.717) is 6.04 Å². The average molecular weight is 186 g/mol. The van der Waals surface area contributed by atoms with Crippen LogP contribution in [0.3, 0.4) is 0 Å². The van der Waals surface area contributed by atoms with Gasteiger partial charge in [0.15, 0.2) is 0 Å². The van der Waals surface area contributed by atoms with Crippen molar-refractivity contribution in [2.24, 2.45) is 5.92 Å². The minimum absolute atomic E-state index is 0.699. The van der Waals surface area contributed by atoms with Gasteiger partial charge >= 0.3 is 0 Å². The second kappa shape index (κ2) is 7.34. The maximum Gasteiger partial charge on any atom is 0.00758 e. The van der Waals surface area contributed by atoms with Gasteiger partial charge in [-0.05, 0) is 45.9 Å². The molecule has 0 spiro atoms. The molecule has 0 saturated carbocycles. The lowest BCUT2D eigenvalue weighted by atomic mass is 10.2. The lowest BCUT2D eigenvalue weighted by Gasteiger charge is -2.23. The molecule has 0 heterocycles. The molecular weight excluding hydrogens is 160 g/mol. The van der Waals surface area contributed by atoms with Gasteiger partial charge in [-0.1, -0.05) is 20.8 Å². The maximum absolute atomic E-state index is 3.47. The zero-order valence-electron chi connectivity index (χ0n) is 9.93. The zero-order chi connectivity index (χ0) is 10.3. The summed E-state index contributed by atoms with van der Waals surface area (Å²) in [5.74, 6) is 0.763. The minimum atomic E-state index is 0.699.